The molecule has 2 saturated carbocycles. The highest BCUT2D eigenvalue weighted by atomic mass is 16.6. The van der Waals surface area contributed by atoms with Gasteiger partial charge < -0.3 is 52.0 Å². The number of piperidine rings is 1. The van der Waals surface area contributed by atoms with Crippen LogP contribution in [0.4, 0.5) is 5.69 Å². The van der Waals surface area contributed by atoms with Crippen LogP contribution in [0.25, 0.3) is 0 Å². The molecule has 0 unspecified atom stereocenters. The average molecular weight is 646 g/mol. The van der Waals surface area contributed by atoms with Gasteiger partial charge in [0.2, 0.25) is 0 Å². The van der Waals surface area contributed by atoms with E-state index in [1.807, 2.05) is 0 Å². The molecular weight excluding hydrogens is 602 g/mol. The number of carboxylic acids is 3. The van der Waals surface area contributed by atoms with E-state index in [1.54, 1.807) is 6.07 Å². The van der Waals surface area contributed by atoms with Crippen molar-refractivity contribution in [3.63, 3.8) is 0 Å². The third-order valence-corrected chi connectivity index (χ3v) is 10.8. The lowest BCUT2D eigenvalue weighted by atomic mass is 9.48. The fourth-order valence-electron chi connectivity index (χ4n) is 8.49. The van der Waals surface area contributed by atoms with Crippen molar-refractivity contribution in [2.45, 2.75) is 99.5 Å². The SMILES string of the molecule is C[N@+]1(CC2CC2)CC[C@]23c4c5cc(ON[C@H](C=O)CCC(=O)O)c(N[C@@H](CCC(=O)O)C(=O)O)c4O[C@H]2C(=O)CC[C@@]3(O)[C@H]1C5.[CH3-]. The predicted molar refractivity (Wildman–Crippen MR) is 161 cm³/mol. The number of aliphatic carboxylic acids is 3. The number of aliphatic hydroxyl groups is 1. The second kappa shape index (κ2) is 12.1. The number of hydrogen-bond acceptors (Lipinski definition) is 10. The second-order valence-corrected chi connectivity index (χ2v) is 13.6. The molecular formula is C32H43N3O11. The van der Waals surface area contributed by atoms with Crippen LogP contribution in [0.2, 0.25) is 0 Å². The third kappa shape index (κ3) is 5.39. The van der Waals surface area contributed by atoms with Gasteiger partial charge in [0.15, 0.2) is 23.4 Å². The molecule has 2 aliphatic heterocycles. The highest BCUT2D eigenvalue weighted by Crippen LogP contribution is 2.66. The number of carbonyl (C=O) groups excluding carboxylic acids is 2. The number of carbonyl (C=O) groups is 5. The number of anilines is 1. The van der Waals surface area contributed by atoms with Gasteiger partial charge in [0.05, 0.1) is 31.6 Å². The number of benzene rings is 1. The average Bonchev–Trinajstić information content (AvgIpc) is 3.71. The molecule has 2 bridgehead atoms. The molecule has 252 valence electrons. The topological polar surface area (TPSA) is 209 Å². The molecule has 14 nitrogen and oxygen atoms in total. The van der Waals surface area contributed by atoms with Crippen LogP contribution in [-0.2, 0) is 35.8 Å². The van der Waals surface area contributed by atoms with Crippen LogP contribution in [-0.4, -0.2) is 105 Å². The smallest absolute Gasteiger partial charge is 0.326 e. The van der Waals surface area contributed by atoms with Crippen LogP contribution in [0, 0.1) is 13.3 Å². The Morgan fingerprint density at radius 2 is 1.85 bits per heavy atom. The summed E-state index contributed by atoms with van der Waals surface area (Å²) in [6, 6.07) is -0.918. The maximum atomic E-state index is 13.5. The van der Waals surface area contributed by atoms with Crippen molar-refractivity contribution in [2.24, 2.45) is 5.92 Å². The zero-order valence-electron chi connectivity index (χ0n) is 26.1. The normalized spacial score (nSPS) is 31.4. The minimum Gasteiger partial charge on any atom is -0.481 e. The first-order valence-corrected chi connectivity index (χ1v) is 15.6. The number of hydrogen-bond donors (Lipinski definition) is 6. The van der Waals surface area contributed by atoms with Gasteiger partial charge in [-0.1, -0.05) is 0 Å². The second-order valence-electron chi connectivity index (χ2n) is 13.6. The van der Waals surface area contributed by atoms with Gasteiger partial charge in [-0.25, -0.2) is 4.79 Å². The van der Waals surface area contributed by atoms with E-state index in [9.17, 15) is 39.3 Å². The van der Waals surface area contributed by atoms with Gasteiger partial charge in [-0.3, -0.25) is 14.4 Å². The van der Waals surface area contributed by atoms with E-state index in [-0.39, 0.29) is 68.5 Å². The Labute approximate surface area is 266 Å². The molecule has 5 aliphatic rings. The minimum atomic E-state index is -1.38. The Morgan fingerprint density at radius 1 is 1.15 bits per heavy atom. The Hall–Kier alpha value is -3.75. The van der Waals surface area contributed by atoms with Crippen molar-refractivity contribution in [1.29, 1.82) is 0 Å². The van der Waals surface area contributed by atoms with Crippen LogP contribution >= 0.6 is 0 Å². The van der Waals surface area contributed by atoms with Crippen molar-refractivity contribution in [2.75, 3.05) is 25.5 Å². The molecule has 2 heterocycles. The Morgan fingerprint density at radius 3 is 2.48 bits per heavy atom. The summed E-state index contributed by atoms with van der Waals surface area (Å²) in [6.45, 7) is 1.66. The summed E-state index contributed by atoms with van der Waals surface area (Å²) in [4.78, 5) is 65.8. The zero-order chi connectivity index (χ0) is 32.3. The van der Waals surface area contributed by atoms with Crippen LogP contribution in [0.5, 0.6) is 11.5 Å². The summed E-state index contributed by atoms with van der Waals surface area (Å²) in [5.74, 6) is -2.93. The number of rotatable bonds is 15. The molecule has 1 aromatic rings. The summed E-state index contributed by atoms with van der Waals surface area (Å²) < 4.78 is 7.12. The number of ketones is 1. The lowest BCUT2D eigenvalue weighted by molar-refractivity contribution is -0.950. The van der Waals surface area contributed by atoms with Crippen LogP contribution < -0.4 is 20.4 Å². The number of likely N-dealkylation sites (tertiary alicyclic amines) is 1. The van der Waals surface area contributed by atoms with Crippen molar-refractivity contribution in [3.05, 3.63) is 24.6 Å². The van der Waals surface area contributed by atoms with E-state index in [4.69, 9.17) is 14.7 Å². The van der Waals surface area contributed by atoms with Gasteiger partial charge in [0.1, 0.15) is 29.7 Å². The third-order valence-electron chi connectivity index (χ3n) is 10.8. The number of ether oxygens (including phenoxy) is 1. The molecule has 1 spiro atoms. The molecule has 0 amide bonds. The maximum Gasteiger partial charge on any atom is 0.326 e. The highest BCUT2D eigenvalue weighted by molar-refractivity contribution is 5.92. The standard InChI is InChI=1S/C31H39N3O11.CH3/c1-34(14-16-2-3-16)11-10-30-25-17-12-21(45-33-18(15-35)4-6-23(37)38)26(32-19(29(41)42)5-7-24(39)40)27(25)44-28(30)20(36)8-9-31(30,43)22(34)13-17;/h12,15-16,18-19,22,28,32-33,43H,2-11,13-14H2,1H3,(H2-,37,38,39,40,41,42);1H3/q;-1/p+1/t18-,19-,22+,28-,30-,31+,34+;/m0./s1. The number of hydroxylamine groups is 1. The van der Waals surface area contributed by atoms with Gasteiger partial charge in [-0.05, 0) is 43.7 Å². The fourth-order valence-corrected chi connectivity index (χ4v) is 8.49. The van der Waals surface area contributed by atoms with E-state index < -0.39 is 53.5 Å². The summed E-state index contributed by atoms with van der Waals surface area (Å²) in [5, 5.41) is 43.9. The van der Waals surface area contributed by atoms with Gasteiger partial charge in [-0.15, -0.1) is 5.48 Å². The van der Waals surface area contributed by atoms with Gasteiger partial charge >= 0.3 is 17.9 Å². The first-order valence-electron chi connectivity index (χ1n) is 15.6. The van der Waals surface area contributed by atoms with Crippen molar-refractivity contribution in [1.82, 2.24) is 5.48 Å². The Balaban J connectivity index is 0.00000417. The number of likely N-dealkylation sites (N-methyl/N-ethyl adjacent to an activating group) is 1. The Bertz CT molecular complexity index is 1450. The summed E-state index contributed by atoms with van der Waals surface area (Å²) in [5.41, 5.74) is 1.76. The van der Waals surface area contributed by atoms with Gasteiger partial charge in [-0.2, -0.15) is 0 Å². The first kappa shape index (κ1) is 33.6. The van der Waals surface area contributed by atoms with E-state index in [0.717, 1.165) is 31.5 Å². The zero-order valence-corrected chi connectivity index (χ0v) is 26.1. The van der Waals surface area contributed by atoms with Crippen LogP contribution in [0.1, 0.15) is 68.9 Å². The molecule has 7 atom stereocenters. The molecule has 3 aliphatic carbocycles. The number of Topliss-reactive ketones (excluding diaryl/α,β-unsaturated/α-hetero) is 1. The van der Waals surface area contributed by atoms with Crippen LogP contribution in [0.3, 0.4) is 0 Å². The predicted octanol–water partition coefficient (Wildman–Crippen LogP) is 1.46. The van der Waals surface area contributed by atoms with Crippen LogP contribution in [0.15, 0.2) is 6.07 Å². The minimum absolute atomic E-state index is 0. The molecule has 0 radical (unpaired) electrons. The number of nitrogens with one attached hydrogen (secondary N) is 2. The lowest BCUT2D eigenvalue weighted by Gasteiger charge is -2.64. The van der Waals surface area contributed by atoms with E-state index >= 15 is 0 Å². The summed E-state index contributed by atoms with van der Waals surface area (Å²) >= 11 is 0. The molecule has 14 heteroatoms. The quantitative estimate of drug-likeness (QED) is 0.0692. The van der Waals surface area contributed by atoms with E-state index in [2.05, 4.69) is 17.8 Å². The lowest BCUT2D eigenvalue weighted by Crippen LogP contribution is -2.80. The monoisotopic (exact) mass is 645 g/mol. The molecule has 6 rings (SSSR count). The Kier molecular flexibility index (Phi) is 8.86. The number of quaternary nitrogens is 1. The fraction of sp³-hybridized carbons (Fsp3) is 0.625. The van der Waals surface area contributed by atoms with Gasteiger partial charge in [0.25, 0.3) is 0 Å². The molecule has 6 N–H and O–H groups in total. The van der Waals surface area contributed by atoms with E-state index in [1.165, 1.54) is 0 Å². The van der Waals surface area contributed by atoms with Crippen molar-refractivity contribution < 1.29 is 58.5 Å². The first-order chi connectivity index (χ1) is 21.3. The molecule has 0 aromatic heterocycles. The largest absolute Gasteiger partial charge is 0.481 e. The number of carboxylic acid groups (broad SMARTS) is 3. The maximum absolute atomic E-state index is 13.5. The van der Waals surface area contributed by atoms with E-state index in [0.29, 0.717) is 35.1 Å². The summed E-state index contributed by atoms with van der Waals surface area (Å²) in [7, 11) is 2.17. The molecule has 46 heavy (non-hydrogen) atoms. The molecule has 3 fully saturated rings. The van der Waals surface area contributed by atoms with Crippen molar-refractivity contribution in [3.8, 4) is 11.5 Å². The van der Waals surface area contributed by atoms with Gasteiger partial charge in [0, 0.05) is 43.6 Å². The summed E-state index contributed by atoms with van der Waals surface area (Å²) in [6.07, 6.45) is 2.09. The van der Waals surface area contributed by atoms with Crippen molar-refractivity contribution >= 4 is 35.7 Å². The molecule has 1 saturated heterocycles. The highest BCUT2D eigenvalue weighted by Gasteiger charge is 2.76. The number of nitrogens with zero attached hydrogens (tertiary/aromatic N) is 1. The number of aldehydes is 1. The molecule has 1 aromatic carbocycles.